The summed E-state index contributed by atoms with van der Waals surface area (Å²) in [6, 6.07) is 0. The Morgan fingerprint density at radius 1 is 1.60 bits per heavy atom. The smallest absolute Gasteiger partial charge is 0.339 e. The summed E-state index contributed by atoms with van der Waals surface area (Å²) in [5, 5.41) is 16.7. The molecule has 0 saturated heterocycles. The molecule has 0 atom stereocenters. The Balaban J connectivity index is 2.75. The van der Waals surface area contributed by atoms with Crippen LogP contribution in [0.1, 0.15) is 28.7 Å². The molecule has 2 aromatic heterocycles. The number of carboxylic acid groups (broad SMARTS) is 1. The first kappa shape index (κ1) is 9.57. The molecule has 0 spiro atoms. The Kier molecular flexibility index (Phi) is 2.11. The van der Waals surface area contributed by atoms with Crippen molar-refractivity contribution in [1.82, 2.24) is 19.8 Å². The molecule has 6 nitrogen and oxygen atoms in total. The van der Waals surface area contributed by atoms with Crippen molar-refractivity contribution in [3.8, 4) is 0 Å². The second-order valence-corrected chi connectivity index (χ2v) is 3.19. The highest BCUT2D eigenvalue weighted by molar-refractivity contribution is 5.88. The molecular weight excluding hydrogens is 196 g/mol. The zero-order valence-electron chi connectivity index (χ0n) is 8.43. The molecule has 0 aliphatic rings. The van der Waals surface area contributed by atoms with Crippen LogP contribution in [-0.4, -0.2) is 30.9 Å². The maximum Gasteiger partial charge on any atom is 0.339 e. The number of hydrogen-bond donors (Lipinski definition) is 1. The Morgan fingerprint density at radius 2 is 2.33 bits per heavy atom. The van der Waals surface area contributed by atoms with E-state index in [4.69, 9.17) is 5.11 Å². The van der Waals surface area contributed by atoms with Crippen LogP contribution in [0, 0.1) is 6.92 Å². The number of aryl methyl sites for hydroxylation is 2. The normalized spacial score (nSPS) is 10.8. The lowest BCUT2D eigenvalue weighted by Gasteiger charge is -2.01. The maximum absolute atomic E-state index is 10.8. The summed E-state index contributed by atoms with van der Waals surface area (Å²) in [6.45, 7) is 3.64. The molecule has 2 aromatic rings. The molecule has 1 N–H and O–H groups in total. The lowest BCUT2D eigenvalue weighted by molar-refractivity contribution is 0.0695. The third kappa shape index (κ3) is 1.34. The summed E-state index contributed by atoms with van der Waals surface area (Å²) in [6.07, 6.45) is 2.07. The zero-order chi connectivity index (χ0) is 11.0. The van der Waals surface area contributed by atoms with Crippen LogP contribution < -0.4 is 0 Å². The van der Waals surface area contributed by atoms with E-state index in [-0.39, 0.29) is 5.56 Å². The Hall–Kier alpha value is -1.98. The van der Waals surface area contributed by atoms with Gasteiger partial charge in [-0.15, -0.1) is 5.10 Å². The molecule has 0 saturated carbocycles. The summed E-state index contributed by atoms with van der Waals surface area (Å²) < 4.78 is 1.46. The van der Waals surface area contributed by atoms with Crippen LogP contribution in [-0.2, 0) is 6.42 Å². The molecule has 2 heterocycles. The second-order valence-electron chi connectivity index (χ2n) is 3.19. The first-order valence-electron chi connectivity index (χ1n) is 4.58. The van der Waals surface area contributed by atoms with E-state index in [0.29, 0.717) is 11.3 Å². The number of hydrogen-bond acceptors (Lipinski definition) is 4. The van der Waals surface area contributed by atoms with Crippen molar-refractivity contribution in [3.63, 3.8) is 0 Å². The average Bonchev–Trinajstić information content (AvgIpc) is 2.61. The van der Waals surface area contributed by atoms with Gasteiger partial charge in [-0.3, -0.25) is 0 Å². The molecule has 0 aromatic carbocycles. The molecule has 0 aliphatic carbocycles. The van der Waals surface area contributed by atoms with Crippen molar-refractivity contribution in [2.45, 2.75) is 20.3 Å². The van der Waals surface area contributed by atoms with E-state index in [1.54, 1.807) is 6.92 Å². The minimum atomic E-state index is -1.00. The van der Waals surface area contributed by atoms with E-state index in [0.717, 1.165) is 12.1 Å². The van der Waals surface area contributed by atoms with Crippen LogP contribution >= 0.6 is 0 Å². The van der Waals surface area contributed by atoms with Crippen molar-refractivity contribution >= 4 is 11.6 Å². The van der Waals surface area contributed by atoms with Gasteiger partial charge in [0.15, 0.2) is 5.65 Å². The summed E-state index contributed by atoms with van der Waals surface area (Å²) >= 11 is 0. The van der Waals surface area contributed by atoms with Crippen molar-refractivity contribution in [2.24, 2.45) is 0 Å². The van der Waals surface area contributed by atoms with Gasteiger partial charge in [-0.25, -0.2) is 9.78 Å². The number of aromatic nitrogens is 4. The summed E-state index contributed by atoms with van der Waals surface area (Å²) in [5.74, 6) is -1.00. The van der Waals surface area contributed by atoms with E-state index in [1.807, 2.05) is 6.92 Å². The number of carbonyl (C=O) groups is 1. The molecule has 2 rings (SSSR count). The third-order valence-electron chi connectivity index (χ3n) is 2.30. The topological polar surface area (TPSA) is 80.4 Å². The standard InChI is InChI=1S/C9H10N4O2/c1-3-7-8-10-4-6(9(14)15)5(2)13(8)12-11-7/h4H,3H2,1-2H3,(H,14,15). The summed E-state index contributed by atoms with van der Waals surface area (Å²) in [4.78, 5) is 14.9. The van der Waals surface area contributed by atoms with Crippen molar-refractivity contribution in [2.75, 3.05) is 0 Å². The fourth-order valence-electron chi connectivity index (χ4n) is 1.44. The molecule has 0 aliphatic heterocycles. The van der Waals surface area contributed by atoms with Gasteiger partial charge in [0.25, 0.3) is 0 Å². The fourth-order valence-corrected chi connectivity index (χ4v) is 1.44. The van der Waals surface area contributed by atoms with Gasteiger partial charge >= 0.3 is 5.97 Å². The van der Waals surface area contributed by atoms with E-state index in [2.05, 4.69) is 15.3 Å². The van der Waals surface area contributed by atoms with Crippen LogP contribution in [0.5, 0.6) is 0 Å². The quantitative estimate of drug-likeness (QED) is 0.782. The lowest BCUT2D eigenvalue weighted by atomic mass is 10.2. The Morgan fingerprint density at radius 3 is 2.93 bits per heavy atom. The van der Waals surface area contributed by atoms with Crippen LogP contribution in [0.25, 0.3) is 5.65 Å². The lowest BCUT2D eigenvalue weighted by Crippen LogP contribution is -2.07. The largest absolute Gasteiger partial charge is 0.478 e. The monoisotopic (exact) mass is 206 g/mol. The Bertz CT molecular complexity index is 532. The van der Waals surface area contributed by atoms with E-state index < -0.39 is 5.97 Å². The molecule has 6 heteroatoms. The number of carboxylic acids is 1. The van der Waals surface area contributed by atoms with Gasteiger partial charge in [-0.2, -0.15) is 4.52 Å². The molecule has 0 fully saturated rings. The SMILES string of the molecule is CCc1nnn2c(C)c(C(=O)O)cnc12. The zero-order valence-corrected chi connectivity index (χ0v) is 8.43. The van der Waals surface area contributed by atoms with Crippen LogP contribution in [0.4, 0.5) is 0 Å². The second kappa shape index (κ2) is 3.30. The number of aromatic carboxylic acids is 1. The molecular formula is C9H10N4O2. The van der Waals surface area contributed by atoms with Gasteiger partial charge in [0.05, 0.1) is 11.3 Å². The van der Waals surface area contributed by atoms with Gasteiger partial charge in [-0.05, 0) is 13.3 Å². The highest BCUT2D eigenvalue weighted by atomic mass is 16.4. The van der Waals surface area contributed by atoms with Crippen LogP contribution in [0.15, 0.2) is 6.20 Å². The fraction of sp³-hybridized carbons (Fsp3) is 0.333. The van der Waals surface area contributed by atoms with Crippen LogP contribution in [0.3, 0.4) is 0 Å². The van der Waals surface area contributed by atoms with E-state index >= 15 is 0 Å². The third-order valence-corrected chi connectivity index (χ3v) is 2.30. The summed E-state index contributed by atoms with van der Waals surface area (Å²) in [5.41, 5.74) is 2.09. The average molecular weight is 206 g/mol. The van der Waals surface area contributed by atoms with Gasteiger partial charge < -0.3 is 5.11 Å². The van der Waals surface area contributed by atoms with E-state index in [9.17, 15) is 4.79 Å². The Labute approximate surface area is 85.6 Å². The number of fused-ring (bicyclic) bond motifs is 1. The van der Waals surface area contributed by atoms with Gasteiger partial charge in [-0.1, -0.05) is 12.1 Å². The first-order chi connectivity index (χ1) is 7.15. The molecule has 0 radical (unpaired) electrons. The predicted molar refractivity (Wildman–Crippen MR) is 51.9 cm³/mol. The highest BCUT2D eigenvalue weighted by Gasteiger charge is 2.14. The van der Waals surface area contributed by atoms with Gasteiger partial charge in [0.1, 0.15) is 5.69 Å². The first-order valence-corrected chi connectivity index (χ1v) is 4.58. The molecule has 78 valence electrons. The van der Waals surface area contributed by atoms with Crippen LogP contribution in [0.2, 0.25) is 0 Å². The van der Waals surface area contributed by atoms with E-state index in [1.165, 1.54) is 10.7 Å². The van der Waals surface area contributed by atoms with Crippen molar-refractivity contribution < 1.29 is 9.90 Å². The van der Waals surface area contributed by atoms with Gasteiger partial charge in [0, 0.05) is 6.20 Å². The minimum Gasteiger partial charge on any atom is -0.478 e. The van der Waals surface area contributed by atoms with Crippen molar-refractivity contribution in [3.05, 3.63) is 23.1 Å². The summed E-state index contributed by atoms with van der Waals surface area (Å²) in [7, 11) is 0. The molecule has 0 unspecified atom stereocenters. The molecule has 0 amide bonds. The predicted octanol–water partition coefficient (Wildman–Crippen LogP) is 0.693. The van der Waals surface area contributed by atoms with Gasteiger partial charge in [0.2, 0.25) is 0 Å². The highest BCUT2D eigenvalue weighted by Crippen LogP contribution is 2.11. The molecule has 15 heavy (non-hydrogen) atoms. The number of nitrogens with zero attached hydrogens (tertiary/aromatic N) is 4. The van der Waals surface area contributed by atoms with Crippen molar-refractivity contribution in [1.29, 1.82) is 0 Å². The molecule has 0 bridgehead atoms. The maximum atomic E-state index is 10.8. The minimum absolute atomic E-state index is 0.148. The number of rotatable bonds is 2.